The maximum atomic E-state index is 11.8. The lowest BCUT2D eigenvalue weighted by molar-refractivity contribution is -0.127. The van der Waals surface area contributed by atoms with E-state index in [1.807, 2.05) is 32.3 Å². The molecule has 110 valence electrons. The number of carbonyl (C=O) groups excluding carboxylic acids is 2. The van der Waals surface area contributed by atoms with Crippen molar-refractivity contribution >= 4 is 11.8 Å². The minimum atomic E-state index is -0.520. The molecule has 1 aromatic carbocycles. The summed E-state index contributed by atoms with van der Waals surface area (Å²) >= 11 is 0. The van der Waals surface area contributed by atoms with Gasteiger partial charge < -0.3 is 15.5 Å². The number of carbonyl (C=O) groups is 2. The number of nitrogens with zero attached hydrogens (tertiary/aromatic N) is 1. The van der Waals surface area contributed by atoms with Gasteiger partial charge in [-0.1, -0.05) is 24.3 Å². The summed E-state index contributed by atoms with van der Waals surface area (Å²) in [5, 5.41) is 5.41. The summed E-state index contributed by atoms with van der Waals surface area (Å²) in [5.41, 5.74) is 2.27. The zero-order chi connectivity index (χ0) is 15.1. The summed E-state index contributed by atoms with van der Waals surface area (Å²) in [6, 6.07) is 7.48. The van der Waals surface area contributed by atoms with E-state index in [1.165, 1.54) is 12.5 Å². The summed E-state index contributed by atoms with van der Waals surface area (Å²) < 4.78 is 0. The minimum absolute atomic E-state index is 0.181. The summed E-state index contributed by atoms with van der Waals surface area (Å²) in [7, 11) is 4.02. The number of hydrogen-bond donors (Lipinski definition) is 2. The Bertz CT molecular complexity index is 472. The summed E-state index contributed by atoms with van der Waals surface area (Å²) in [6.07, 6.45) is 0. The maximum absolute atomic E-state index is 11.8. The van der Waals surface area contributed by atoms with Crippen molar-refractivity contribution in [1.82, 2.24) is 15.5 Å². The number of hydrogen-bond acceptors (Lipinski definition) is 3. The molecule has 1 rings (SSSR count). The van der Waals surface area contributed by atoms with E-state index >= 15 is 0 Å². The van der Waals surface area contributed by atoms with Crippen molar-refractivity contribution in [2.75, 3.05) is 14.1 Å². The van der Waals surface area contributed by atoms with E-state index in [4.69, 9.17) is 0 Å². The Hall–Kier alpha value is -1.88. The zero-order valence-corrected chi connectivity index (χ0v) is 12.6. The predicted molar refractivity (Wildman–Crippen MR) is 79.0 cm³/mol. The van der Waals surface area contributed by atoms with Gasteiger partial charge in [0.15, 0.2) is 0 Å². The van der Waals surface area contributed by atoms with Gasteiger partial charge in [0.25, 0.3) is 0 Å². The third kappa shape index (κ3) is 5.40. The van der Waals surface area contributed by atoms with Crippen molar-refractivity contribution in [3.63, 3.8) is 0 Å². The fourth-order valence-corrected chi connectivity index (χ4v) is 1.93. The fourth-order valence-electron chi connectivity index (χ4n) is 1.93. The number of rotatable bonds is 6. The molecule has 0 aliphatic heterocycles. The van der Waals surface area contributed by atoms with Crippen LogP contribution in [0.2, 0.25) is 0 Å². The van der Waals surface area contributed by atoms with Crippen molar-refractivity contribution in [2.24, 2.45) is 0 Å². The summed E-state index contributed by atoms with van der Waals surface area (Å²) in [5.74, 6) is -0.388. The van der Waals surface area contributed by atoms with Crippen molar-refractivity contribution < 1.29 is 9.59 Å². The Balaban J connectivity index is 2.61. The molecule has 5 heteroatoms. The first-order valence-corrected chi connectivity index (χ1v) is 6.66. The Morgan fingerprint density at radius 1 is 1.20 bits per heavy atom. The highest BCUT2D eigenvalue weighted by Crippen LogP contribution is 2.10. The van der Waals surface area contributed by atoms with Crippen LogP contribution in [0.3, 0.4) is 0 Å². The average Bonchev–Trinajstić information content (AvgIpc) is 2.35. The molecule has 0 fully saturated rings. The first-order chi connectivity index (χ1) is 9.40. The van der Waals surface area contributed by atoms with Crippen LogP contribution in [0.4, 0.5) is 0 Å². The molecule has 1 aromatic rings. The monoisotopic (exact) mass is 277 g/mol. The second-order valence-electron chi connectivity index (χ2n) is 5.15. The maximum Gasteiger partial charge on any atom is 0.242 e. The van der Waals surface area contributed by atoms with E-state index in [0.29, 0.717) is 6.54 Å². The van der Waals surface area contributed by atoms with Gasteiger partial charge in [0.2, 0.25) is 11.8 Å². The second-order valence-corrected chi connectivity index (χ2v) is 5.15. The van der Waals surface area contributed by atoms with Crippen molar-refractivity contribution in [3.05, 3.63) is 35.4 Å². The topological polar surface area (TPSA) is 61.4 Å². The van der Waals surface area contributed by atoms with Gasteiger partial charge in [-0.05, 0) is 32.1 Å². The van der Waals surface area contributed by atoms with Crippen LogP contribution in [0.25, 0.3) is 0 Å². The quantitative estimate of drug-likeness (QED) is 0.812. The molecule has 0 heterocycles. The highest BCUT2D eigenvalue weighted by molar-refractivity contribution is 5.86. The van der Waals surface area contributed by atoms with E-state index in [0.717, 1.165) is 12.1 Å². The van der Waals surface area contributed by atoms with E-state index in [2.05, 4.69) is 21.6 Å². The van der Waals surface area contributed by atoms with Crippen molar-refractivity contribution in [1.29, 1.82) is 0 Å². The Morgan fingerprint density at radius 3 is 2.35 bits per heavy atom. The van der Waals surface area contributed by atoms with Crippen LogP contribution in [0.15, 0.2) is 24.3 Å². The lowest BCUT2D eigenvalue weighted by Crippen LogP contribution is -2.43. The molecule has 0 spiro atoms. The molecule has 0 saturated carbocycles. The third-order valence-corrected chi connectivity index (χ3v) is 2.87. The molecule has 0 bridgehead atoms. The molecule has 2 N–H and O–H groups in total. The first kappa shape index (κ1) is 16.2. The minimum Gasteiger partial charge on any atom is -0.350 e. The number of nitrogens with one attached hydrogen (secondary N) is 2. The standard InChI is InChI=1S/C15H23N3O2/c1-11(17-12(2)19)15(20)16-9-13-7-5-6-8-14(13)10-18(3)4/h5-8,11H,9-10H2,1-4H3,(H,16,20)(H,17,19)/t11-/m0/s1. The van der Waals surface area contributed by atoms with Gasteiger partial charge in [-0.2, -0.15) is 0 Å². The van der Waals surface area contributed by atoms with Gasteiger partial charge in [-0.3, -0.25) is 9.59 Å². The summed E-state index contributed by atoms with van der Waals surface area (Å²) in [6.45, 7) is 4.36. The van der Waals surface area contributed by atoms with Crippen LogP contribution in [0, 0.1) is 0 Å². The van der Waals surface area contributed by atoms with Gasteiger partial charge in [0.1, 0.15) is 6.04 Å². The third-order valence-electron chi connectivity index (χ3n) is 2.87. The zero-order valence-electron chi connectivity index (χ0n) is 12.6. The molecule has 1 atom stereocenters. The molecule has 0 radical (unpaired) electrons. The van der Waals surface area contributed by atoms with Crippen LogP contribution in [-0.4, -0.2) is 36.9 Å². The first-order valence-electron chi connectivity index (χ1n) is 6.66. The van der Waals surface area contributed by atoms with Crippen LogP contribution in [0.1, 0.15) is 25.0 Å². The Morgan fingerprint density at radius 2 is 1.80 bits per heavy atom. The Kier molecular flexibility index (Phi) is 6.18. The van der Waals surface area contributed by atoms with E-state index in [1.54, 1.807) is 6.92 Å². The highest BCUT2D eigenvalue weighted by atomic mass is 16.2. The van der Waals surface area contributed by atoms with Gasteiger partial charge in [0.05, 0.1) is 0 Å². The SMILES string of the molecule is CC(=O)N[C@@H](C)C(=O)NCc1ccccc1CN(C)C. The largest absolute Gasteiger partial charge is 0.350 e. The normalized spacial score (nSPS) is 12.1. The molecule has 5 nitrogen and oxygen atoms in total. The van der Waals surface area contributed by atoms with Gasteiger partial charge >= 0.3 is 0 Å². The second kappa shape index (κ2) is 7.65. The van der Waals surface area contributed by atoms with E-state index < -0.39 is 6.04 Å². The predicted octanol–water partition coefficient (Wildman–Crippen LogP) is 0.889. The number of amides is 2. The van der Waals surface area contributed by atoms with Crippen LogP contribution in [-0.2, 0) is 22.7 Å². The molecule has 0 aliphatic carbocycles. The molecule has 0 aromatic heterocycles. The number of benzene rings is 1. The molecular formula is C15H23N3O2. The molecule has 0 aliphatic rings. The van der Waals surface area contributed by atoms with Gasteiger partial charge in [0, 0.05) is 20.0 Å². The fraction of sp³-hybridized carbons (Fsp3) is 0.467. The smallest absolute Gasteiger partial charge is 0.242 e. The van der Waals surface area contributed by atoms with Crippen LogP contribution < -0.4 is 10.6 Å². The van der Waals surface area contributed by atoms with Crippen LogP contribution >= 0.6 is 0 Å². The molecule has 0 unspecified atom stereocenters. The molecular weight excluding hydrogens is 254 g/mol. The molecule has 0 saturated heterocycles. The van der Waals surface area contributed by atoms with E-state index in [-0.39, 0.29) is 11.8 Å². The van der Waals surface area contributed by atoms with E-state index in [9.17, 15) is 9.59 Å². The average molecular weight is 277 g/mol. The van der Waals surface area contributed by atoms with Crippen LogP contribution in [0.5, 0.6) is 0 Å². The highest BCUT2D eigenvalue weighted by Gasteiger charge is 2.13. The van der Waals surface area contributed by atoms with Gasteiger partial charge in [-0.25, -0.2) is 0 Å². The summed E-state index contributed by atoms with van der Waals surface area (Å²) in [4.78, 5) is 24.8. The lowest BCUT2D eigenvalue weighted by Gasteiger charge is -2.16. The van der Waals surface area contributed by atoms with Gasteiger partial charge in [-0.15, -0.1) is 0 Å². The lowest BCUT2D eigenvalue weighted by atomic mass is 10.1. The van der Waals surface area contributed by atoms with Crippen molar-refractivity contribution in [3.8, 4) is 0 Å². The molecule has 20 heavy (non-hydrogen) atoms. The Labute approximate surface area is 120 Å². The van der Waals surface area contributed by atoms with Crippen molar-refractivity contribution in [2.45, 2.75) is 33.0 Å². The molecule has 2 amide bonds.